The zero-order valence-electron chi connectivity index (χ0n) is 14.6. The van der Waals surface area contributed by atoms with Crippen LogP contribution in [-0.2, 0) is 4.74 Å². The average molecular weight is 375 g/mol. The largest absolute Gasteiger partial charge is 0.474 e. The number of nitrogens with zero attached hydrogens (tertiary/aromatic N) is 3. The van der Waals surface area contributed by atoms with Crippen molar-refractivity contribution in [1.29, 1.82) is 0 Å². The number of aromatic nitrogens is 3. The minimum atomic E-state index is 0.0132. The Morgan fingerprint density at radius 2 is 2.07 bits per heavy atom. The van der Waals surface area contributed by atoms with Crippen molar-refractivity contribution in [1.82, 2.24) is 15.0 Å². The summed E-state index contributed by atoms with van der Waals surface area (Å²) in [5.41, 5.74) is 5.03. The van der Waals surface area contributed by atoms with Crippen molar-refractivity contribution in [3.63, 3.8) is 0 Å². The fourth-order valence-electron chi connectivity index (χ4n) is 3.13. The number of fused-ring (bicyclic) bond motifs is 1. The first-order valence-corrected chi connectivity index (χ1v) is 9.55. The number of aryl methyl sites for hydroxylation is 1. The van der Waals surface area contributed by atoms with E-state index in [9.17, 15) is 0 Å². The summed E-state index contributed by atoms with van der Waals surface area (Å²) in [7, 11) is 0. The lowest BCUT2D eigenvalue weighted by molar-refractivity contribution is 0.240. The van der Waals surface area contributed by atoms with Gasteiger partial charge in [0.15, 0.2) is 6.40 Å². The van der Waals surface area contributed by atoms with E-state index in [0.717, 1.165) is 32.9 Å². The molecule has 4 heterocycles. The SMILES string of the molecule is Cc1csc(-c2nc(Nc3ccc(C4CN=CO4)cc3)nc3[nH]ccc23)c1. The van der Waals surface area contributed by atoms with Crippen LogP contribution in [0.5, 0.6) is 0 Å². The van der Waals surface area contributed by atoms with Gasteiger partial charge in [0, 0.05) is 17.3 Å². The molecule has 0 radical (unpaired) electrons. The average Bonchev–Trinajstić information content (AvgIpc) is 3.43. The van der Waals surface area contributed by atoms with E-state index < -0.39 is 0 Å². The second kappa shape index (κ2) is 6.51. The number of hydrogen-bond donors (Lipinski definition) is 2. The number of aliphatic imine (C=N–C) groups is 1. The number of thiophene rings is 1. The monoisotopic (exact) mass is 375 g/mol. The normalized spacial score (nSPS) is 16.0. The van der Waals surface area contributed by atoms with E-state index in [0.29, 0.717) is 12.5 Å². The van der Waals surface area contributed by atoms with Gasteiger partial charge < -0.3 is 15.0 Å². The van der Waals surface area contributed by atoms with Crippen LogP contribution < -0.4 is 5.32 Å². The number of rotatable bonds is 4. The highest BCUT2D eigenvalue weighted by atomic mass is 32.1. The number of ether oxygens (including phenoxy) is 1. The van der Waals surface area contributed by atoms with Gasteiger partial charge in [0.1, 0.15) is 11.8 Å². The molecule has 1 aromatic carbocycles. The summed E-state index contributed by atoms with van der Waals surface area (Å²) in [6.45, 7) is 2.76. The maximum atomic E-state index is 5.46. The summed E-state index contributed by atoms with van der Waals surface area (Å²) in [5.74, 6) is 0.569. The standard InChI is InChI=1S/C20H17N5OS/c1-12-8-17(27-10-12)18-15-6-7-22-19(15)25-20(24-18)23-14-4-2-13(3-5-14)16-9-21-11-26-16/h2-8,10-11,16H,9H2,1H3,(H2,22,23,24,25). The highest BCUT2D eigenvalue weighted by Crippen LogP contribution is 2.32. The Labute approximate surface area is 160 Å². The minimum absolute atomic E-state index is 0.0132. The molecule has 0 aliphatic carbocycles. The summed E-state index contributed by atoms with van der Waals surface area (Å²) in [5, 5.41) is 6.47. The zero-order valence-corrected chi connectivity index (χ0v) is 15.5. The molecule has 5 rings (SSSR count). The smallest absolute Gasteiger partial charge is 0.229 e. The van der Waals surface area contributed by atoms with Crippen molar-refractivity contribution in [2.24, 2.45) is 4.99 Å². The highest BCUT2D eigenvalue weighted by molar-refractivity contribution is 7.13. The Balaban J connectivity index is 1.46. The molecular weight excluding hydrogens is 358 g/mol. The molecule has 0 fully saturated rings. The lowest BCUT2D eigenvalue weighted by Crippen LogP contribution is -2.02. The van der Waals surface area contributed by atoms with E-state index in [-0.39, 0.29) is 6.10 Å². The summed E-state index contributed by atoms with van der Waals surface area (Å²) >= 11 is 1.69. The van der Waals surface area contributed by atoms with Gasteiger partial charge in [0.25, 0.3) is 0 Å². The van der Waals surface area contributed by atoms with E-state index in [2.05, 4.69) is 38.6 Å². The van der Waals surface area contributed by atoms with E-state index in [1.165, 1.54) is 12.0 Å². The van der Waals surface area contributed by atoms with Crippen molar-refractivity contribution < 1.29 is 4.74 Å². The van der Waals surface area contributed by atoms with Gasteiger partial charge in [-0.15, -0.1) is 11.3 Å². The van der Waals surface area contributed by atoms with Gasteiger partial charge in [-0.3, -0.25) is 4.99 Å². The molecule has 7 heteroatoms. The first-order chi connectivity index (χ1) is 13.3. The molecule has 27 heavy (non-hydrogen) atoms. The number of benzene rings is 1. The number of anilines is 2. The Hall–Kier alpha value is -3.19. The van der Waals surface area contributed by atoms with Crippen molar-refractivity contribution in [3.05, 3.63) is 59.1 Å². The predicted octanol–water partition coefficient (Wildman–Crippen LogP) is 4.84. The molecule has 1 unspecified atom stereocenters. The van der Waals surface area contributed by atoms with E-state index in [1.807, 2.05) is 36.5 Å². The lowest BCUT2D eigenvalue weighted by Gasteiger charge is -2.11. The van der Waals surface area contributed by atoms with Crippen LogP contribution in [0.15, 0.2) is 53.0 Å². The fourth-order valence-corrected chi connectivity index (χ4v) is 4.03. The number of hydrogen-bond acceptors (Lipinski definition) is 6. The van der Waals surface area contributed by atoms with E-state index in [1.54, 1.807) is 11.3 Å². The van der Waals surface area contributed by atoms with Gasteiger partial charge in [-0.2, -0.15) is 4.98 Å². The van der Waals surface area contributed by atoms with Crippen molar-refractivity contribution in [3.8, 4) is 10.6 Å². The molecule has 134 valence electrons. The van der Waals surface area contributed by atoms with E-state index in [4.69, 9.17) is 9.72 Å². The third-order valence-electron chi connectivity index (χ3n) is 4.49. The molecule has 0 bridgehead atoms. The van der Waals surface area contributed by atoms with Crippen molar-refractivity contribution >= 4 is 40.4 Å². The lowest BCUT2D eigenvalue weighted by atomic mass is 10.1. The van der Waals surface area contributed by atoms with Crippen LogP contribution in [0.1, 0.15) is 17.2 Å². The summed E-state index contributed by atoms with van der Waals surface area (Å²) in [6, 6.07) is 12.3. The van der Waals surface area contributed by atoms with Crippen LogP contribution in [0.2, 0.25) is 0 Å². The quantitative estimate of drug-likeness (QED) is 0.535. The van der Waals surface area contributed by atoms with Gasteiger partial charge in [0.05, 0.1) is 17.1 Å². The van der Waals surface area contributed by atoms with Gasteiger partial charge in [-0.25, -0.2) is 4.98 Å². The molecule has 1 aliphatic rings. The molecule has 6 nitrogen and oxygen atoms in total. The Kier molecular flexibility index (Phi) is 3.86. The van der Waals surface area contributed by atoms with Crippen LogP contribution in [0.25, 0.3) is 21.6 Å². The number of H-pyrrole nitrogens is 1. The van der Waals surface area contributed by atoms with E-state index >= 15 is 0 Å². The predicted molar refractivity (Wildman–Crippen MR) is 109 cm³/mol. The maximum Gasteiger partial charge on any atom is 0.229 e. The van der Waals surface area contributed by atoms with Crippen LogP contribution in [-0.4, -0.2) is 27.9 Å². The summed E-state index contributed by atoms with van der Waals surface area (Å²) in [6.07, 6.45) is 3.43. The van der Waals surface area contributed by atoms with Gasteiger partial charge >= 0.3 is 0 Å². The van der Waals surface area contributed by atoms with Crippen LogP contribution in [0.3, 0.4) is 0 Å². The third kappa shape index (κ3) is 3.06. The van der Waals surface area contributed by atoms with Crippen molar-refractivity contribution in [2.45, 2.75) is 13.0 Å². The Morgan fingerprint density at radius 3 is 2.81 bits per heavy atom. The molecular formula is C20H17N5OS. The summed E-state index contributed by atoms with van der Waals surface area (Å²) in [4.78, 5) is 17.8. The van der Waals surface area contributed by atoms with Gasteiger partial charge in [0.2, 0.25) is 5.95 Å². The van der Waals surface area contributed by atoms with Crippen LogP contribution in [0.4, 0.5) is 11.6 Å². The number of aromatic amines is 1. The molecule has 1 aliphatic heterocycles. The maximum absolute atomic E-state index is 5.46. The molecule has 0 spiro atoms. The Bertz CT molecular complexity index is 1120. The second-order valence-corrected chi connectivity index (χ2v) is 7.38. The Morgan fingerprint density at radius 1 is 1.19 bits per heavy atom. The van der Waals surface area contributed by atoms with Crippen LogP contribution in [0, 0.1) is 6.92 Å². The van der Waals surface area contributed by atoms with Crippen molar-refractivity contribution in [2.75, 3.05) is 11.9 Å². The fraction of sp³-hybridized carbons (Fsp3) is 0.150. The minimum Gasteiger partial charge on any atom is -0.474 e. The van der Waals surface area contributed by atoms with Gasteiger partial charge in [-0.05, 0) is 47.7 Å². The third-order valence-corrected chi connectivity index (χ3v) is 5.54. The second-order valence-electron chi connectivity index (χ2n) is 6.47. The molecule has 2 N–H and O–H groups in total. The topological polar surface area (TPSA) is 75.2 Å². The molecule has 3 aromatic heterocycles. The zero-order chi connectivity index (χ0) is 18.2. The highest BCUT2D eigenvalue weighted by Gasteiger charge is 2.15. The van der Waals surface area contributed by atoms with Gasteiger partial charge in [-0.1, -0.05) is 12.1 Å². The summed E-state index contributed by atoms with van der Waals surface area (Å²) < 4.78 is 5.46. The van der Waals surface area contributed by atoms with Crippen LogP contribution >= 0.6 is 11.3 Å². The molecule has 0 saturated carbocycles. The number of nitrogens with one attached hydrogen (secondary N) is 2. The first kappa shape index (κ1) is 16.0. The first-order valence-electron chi connectivity index (χ1n) is 8.68. The molecule has 0 saturated heterocycles. The molecule has 4 aromatic rings. The molecule has 0 amide bonds. The molecule has 1 atom stereocenters.